The number of aromatic nitrogens is 2. The van der Waals surface area contributed by atoms with Crippen molar-refractivity contribution in [3.8, 4) is 5.69 Å². The molecule has 5 nitrogen and oxygen atoms in total. The van der Waals surface area contributed by atoms with Gasteiger partial charge in [-0.25, -0.2) is 4.98 Å². The van der Waals surface area contributed by atoms with Gasteiger partial charge in [0.2, 0.25) is 0 Å². The molecule has 0 spiro atoms. The predicted molar refractivity (Wildman–Crippen MR) is 147 cm³/mol. The zero-order chi connectivity index (χ0) is 26.0. The smallest absolute Gasteiger partial charge is 0.266 e. The lowest BCUT2D eigenvalue weighted by Gasteiger charge is -2.31. The number of carbonyl (C=O) groups is 1. The van der Waals surface area contributed by atoms with Gasteiger partial charge in [0.05, 0.1) is 22.6 Å². The van der Waals surface area contributed by atoms with Gasteiger partial charge in [-0.05, 0) is 87.1 Å². The largest absolute Gasteiger partial charge is 0.329 e. The van der Waals surface area contributed by atoms with Crippen molar-refractivity contribution in [2.75, 3.05) is 6.54 Å². The zero-order valence-electron chi connectivity index (χ0n) is 22.1. The number of hydrogen-bond donors (Lipinski definition) is 0. The molecule has 0 aliphatic heterocycles. The van der Waals surface area contributed by atoms with Crippen molar-refractivity contribution in [2.24, 2.45) is 5.92 Å². The maximum Gasteiger partial charge on any atom is 0.266 e. The van der Waals surface area contributed by atoms with Crippen molar-refractivity contribution in [3.05, 3.63) is 105 Å². The van der Waals surface area contributed by atoms with E-state index in [2.05, 4.69) is 20.8 Å². The van der Waals surface area contributed by atoms with Gasteiger partial charge in [-0.1, -0.05) is 50.2 Å². The molecule has 0 bridgehead atoms. The van der Waals surface area contributed by atoms with Crippen LogP contribution in [0, 0.1) is 26.7 Å². The molecule has 3 aromatic carbocycles. The summed E-state index contributed by atoms with van der Waals surface area (Å²) in [5.74, 6) is 0.943. The standard InChI is InChI=1S/C31H35N3O2/c1-20(2)17-18-33(30(35)26-12-8-7-11-22(26)4)24(6)29-32-28-14-10-9-13-27(28)31(36)34(29)25-16-15-21(3)23(5)19-25/h7-16,19-20,24H,17-18H2,1-6H3. The SMILES string of the molecule is Cc1ccc(-n2c(C(C)N(CCC(C)C)C(=O)c3ccccc3C)nc3ccccc3c2=O)cc1C. The Hall–Kier alpha value is -3.73. The molecule has 0 saturated carbocycles. The summed E-state index contributed by atoms with van der Waals surface area (Å²) in [4.78, 5) is 34.6. The fraction of sp³-hybridized carbons (Fsp3) is 0.323. The summed E-state index contributed by atoms with van der Waals surface area (Å²) < 4.78 is 1.69. The first-order chi connectivity index (χ1) is 17.2. The minimum absolute atomic E-state index is 0.0460. The van der Waals surface area contributed by atoms with E-state index in [4.69, 9.17) is 4.98 Å². The van der Waals surface area contributed by atoms with Crippen molar-refractivity contribution >= 4 is 16.8 Å². The molecular weight excluding hydrogens is 446 g/mol. The van der Waals surface area contributed by atoms with Crippen LogP contribution in [0.5, 0.6) is 0 Å². The third-order valence-electron chi connectivity index (χ3n) is 6.98. The highest BCUT2D eigenvalue weighted by Crippen LogP contribution is 2.27. The van der Waals surface area contributed by atoms with E-state index < -0.39 is 6.04 Å². The van der Waals surface area contributed by atoms with E-state index in [1.54, 1.807) is 4.57 Å². The molecular formula is C31H35N3O2. The molecule has 1 atom stereocenters. The van der Waals surface area contributed by atoms with Gasteiger partial charge in [0.15, 0.2) is 0 Å². The molecule has 4 rings (SSSR count). The lowest BCUT2D eigenvalue weighted by Crippen LogP contribution is -2.38. The Morgan fingerprint density at radius 1 is 0.889 bits per heavy atom. The van der Waals surface area contributed by atoms with Gasteiger partial charge in [0.25, 0.3) is 11.5 Å². The Kier molecular flexibility index (Phi) is 7.39. The first-order valence-corrected chi connectivity index (χ1v) is 12.6. The van der Waals surface area contributed by atoms with Crippen molar-refractivity contribution in [1.82, 2.24) is 14.5 Å². The molecule has 36 heavy (non-hydrogen) atoms. The maximum absolute atomic E-state index is 13.9. The van der Waals surface area contributed by atoms with Crippen LogP contribution in [0.4, 0.5) is 0 Å². The Bertz CT molecular complexity index is 1470. The summed E-state index contributed by atoms with van der Waals surface area (Å²) in [6, 6.07) is 20.7. The highest BCUT2D eigenvalue weighted by Gasteiger charge is 2.28. The molecule has 186 valence electrons. The number of carbonyl (C=O) groups excluding carboxylic acids is 1. The minimum Gasteiger partial charge on any atom is -0.329 e. The van der Waals surface area contributed by atoms with Crippen LogP contribution in [-0.4, -0.2) is 26.9 Å². The Labute approximate surface area is 213 Å². The maximum atomic E-state index is 13.9. The Morgan fingerprint density at radius 3 is 2.28 bits per heavy atom. The molecule has 0 radical (unpaired) electrons. The molecule has 4 aromatic rings. The Balaban J connectivity index is 1.93. The molecule has 1 unspecified atom stereocenters. The third kappa shape index (κ3) is 4.97. The number of para-hydroxylation sites is 1. The van der Waals surface area contributed by atoms with E-state index >= 15 is 0 Å². The molecule has 0 saturated heterocycles. The average Bonchev–Trinajstić information content (AvgIpc) is 2.85. The third-order valence-corrected chi connectivity index (χ3v) is 6.98. The first kappa shape index (κ1) is 25.4. The number of benzene rings is 3. The Morgan fingerprint density at radius 2 is 1.58 bits per heavy atom. The minimum atomic E-state index is -0.422. The van der Waals surface area contributed by atoms with Crippen LogP contribution in [0.25, 0.3) is 16.6 Å². The van der Waals surface area contributed by atoms with E-state index in [1.165, 1.54) is 0 Å². The van der Waals surface area contributed by atoms with Crippen LogP contribution < -0.4 is 5.56 Å². The predicted octanol–water partition coefficient (Wildman–Crippen LogP) is 6.56. The van der Waals surface area contributed by atoms with Crippen LogP contribution >= 0.6 is 0 Å². The molecule has 0 N–H and O–H groups in total. The van der Waals surface area contributed by atoms with Gasteiger partial charge in [0.1, 0.15) is 5.82 Å². The number of hydrogen-bond acceptors (Lipinski definition) is 3. The van der Waals surface area contributed by atoms with Crippen LogP contribution in [0.2, 0.25) is 0 Å². The molecule has 1 heterocycles. The molecule has 0 fully saturated rings. The lowest BCUT2D eigenvalue weighted by molar-refractivity contribution is 0.0670. The van der Waals surface area contributed by atoms with Crippen LogP contribution in [-0.2, 0) is 0 Å². The lowest BCUT2D eigenvalue weighted by atomic mass is 10.0. The number of nitrogens with zero attached hydrogens (tertiary/aromatic N) is 3. The van der Waals surface area contributed by atoms with E-state index in [0.29, 0.717) is 34.8 Å². The van der Waals surface area contributed by atoms with Gasteiger partial charge in [-0.3, -0.25) is 14.2 Å². The molecule has 5 heteroatoms. The normalized spacial score (nSPS) is 12.2. The van der Waals surface area contributed by atoms with E-state index in [-0.39, 0.29) is 11.5 Å². The monoisotopic (exact) mass is 481 g/mol. The average molecular weight is 482 g/mol. The van der Waals surface area contributed by atoms with E-state index in [9.17, 15) is 9.59 Å². The number of fused-ring (bicyclic) bond motifs is 1. The van der Waals surface area contributed by atoms with Crippen molar-refractivity contribution < 1.29 is 4.79 Å². The van der Waals surface area contributed by atoms with E-state index in [0.717, 1.165) is 28.8 Å². The number of rotatable bonds is 7. The second-order valence-electron chi connectivity index (χ2n) is 10.1. The van der Waals surface area contributed by atoms with Gasteiger partial charge < -0.3 is 4.90 Å². The van der Waals surface area contributed by atoms with Gasteiger partial charge in [-0.2, -0.15) is 0 Å². The molecule has 0 aliphatic carbocycles. The fourth-order valence-corrected chi connectivity index (χ4v) is 4.52. The number of amides is 1. The summed E-state index contributed by atoms with van der Waals surface area (Å²) in [6.45, 7) is 12.9. The van der Waals surface area contributed by atoms with Crippen LogP contribution in [0.1, 0.15) is 66.1 Å². The first-order valence-electron chi connectivity index (χ1n) is 12.6. The van der Waals surface area contributed by atoms with Gasteiger partial charge in [0, 0.05) is 12.1 Å². The number of aryl methyl sites for hydroxylation is 3. The molecule has 1 aromatic heterocycles. The summed E-state index contributed by atoms with van der Waals surface area (Å²) >= 11 is 0. The summed E-state index contributed by atoms with van der Waals surface area (Å²) in [5.41, 5.74) is 5.13. The quantitative estimate of drug-likeness (QED) is 0.300. The molecule has 0 aliphatic rings. The van der Waals surface area contributed by atoms with Gasteiger partial charge in [-0.15, -0.1) is 0 Å². The summed E-state index contributed by atoms with van der Waals surface area (Å²) in [6.07, 6.45) is 0.851. The van der Waals surface area contributed by atoms with E-state index in [1.807, 2.05) is 92.4 Å². The second-order valence-corrected chi connectivity index (χ2v) is 10.1. The molecule has 1 amide bonds. The topological polar surface area (TPSA) is 55.2 Å². The van der Waals surface area contributed by atoms with Crippen LogP contribution in [0.15, 0.2) is 71.5 Å². The van der Waals surface area contributed by atoms with Crippen molar-refractivity contribution in [3.63, 3.8) is 0 Å². The van der Waals surface area contributed by atoms with Gasteiger partial charge >= 0.3 is 0 Å². The van der Waals surface area contributed by atoms with Crippen LogP contribution in [0.3, 0.4) is 0 Å². The summed E-state index contributed by atoms with van der Waals surface area (Å²) in [7, 11) is 0. The highest BCUT2D eigenvalue weighted by molar-refractivity contribution is 5.96. The zero-order valence-corrected chi connectivity index (χ0v) is 22.1. The summed E-state index contributed by atoms with van der Waals surface area (Å²) in [5, 5.41) is 0.561. The van der Waals surface area contributed by atoms with Crippen molar-refractivity contribution in [1.29, 1.82) is 0 Å². The fourth-order valence-electron chi connectivity index (χ4n) is 4.52. The van der Waals surface area contributed by atoms with Crippen molar-refractivity contribution in [2.45, 2.75) is 54.0 Å². The highest BCUT2D eigenvalue weighted by atomic mass is 16.2. The second kappa shape index (κ2) is 10.5.